The number of imidazole rings is 1. The van der Waals surface area contributed by atoms with E-state index in [0.717, 1.165) is 0 Å². The Bertz CT molecular complexity index is 1190. The lowest BCUT2D eigenvalue weighted by atomic mass is 10.2. The fourth-order valence-electron chi connectivity index (χ4n) is 2.75. The minimum Gasteiger partial charge on any atom is -0.337 e. The molecule has 1 heterocycles. The van der Waals surface area contributed by atoms with E-state index in [9.17, 15) is 16.8 Å². The molecule has 3 rings (SSSR count). The number of rotatable bonds is 8. The number of aromatic nitrogens is 2. The number of sulfonamides is 1. The van der Waals surface area contributed by atoms with Gasteiger partial charge in [-0.05, 0) is 55.3 Å². The van der Waals surface area contributed by atoms with Crippen LogP contribution in [0.15, 0.2) is 75.9 Å². The van der Waals surface area contributed by atoms with Crippen LogP contribution < -0.4 is 4.72 Å². The summed E-state index contributed by atoms with van der Waals surface area (Å²) in [5.41, 5.74) is 0.460. The van der Waals surface area contributed by atoms with Crippen molar-refractivity contribution in [2.45, 2.75) is 34.6 Å². The SMILES string of the molecule is Cc1ccc(S(=O)(=O)c2ccc(Cl)cc2)cc1S(=O)(=O)NCCCn1ccnc1. The molecular formula is C19H20ClN3O4S2. The number of nitrogens with one attached hydrogen (secondary N) is 1. The van der Waals surface area contributed by atoms with Gasteiger partial charge in [-0.15, -0.1) is 0 Å². The van der Waals surface area contributed by atoms with Crippen molar-refractivity contribution in [1.29, 1.82) is 0 Å². The number of aryl methyl sites for hydroxylation is 2. The van der Waals surface area contributed by atoms with Crippen LogP contribution in [0.5, 0.6) is 0 Å². The van der Waals surface area contributed by atoms with Gasteiger partial charge in [0.05, 0.1) is 21.0 Å². The van der Waals surface area contributed by atoms with E-state index in [0.29, 0.717) is 23.6 Å². The van der Waals surface area contributed by atoms with E-state index in [1.54, 1.807) is 25.6 Å². The van der Waals surface area contributed by atoms with Crippen molar-refractivity contribution in [1.82, 2.24) is 14.3 Å². The normalized spacial score (nSPS) is 12.2. The molecular weight excluding hydrogens is 434 g/mol. The molecule has 0 bridgehead atoms. The van der Waals surface area contributed by atoms with Crippen molar-refractivity contribution in [3.63, 3.8) is 0 Å². The molecule has 0 aliphatic heterocycles. The standard InChI is InChI=1S/C19H20ClN3O4S2/c1-15-3-6-18(28(24,25)17-7-4-16(20)5-8-17)13-19(15)29(26,27)22-9-2-11-23-12-10-21-14-23/h3-8,10,12-14,22H,2,9,11H2,1H3. The average Bonchev–Trinajstić information content (AvgIpc) is 3.19. The van der Waals surface area contributed by atoms with E-state index < -0.39 is 19.9 Å². The van der Waals surface area contributed by atoms with Gasteiger partial charge >= 0.3 is 0 Å². The molecule has 3 aromatic rings. The molecule has 0 amide bonds. The lowest BCUT2D eigenvalue weighted by molar-refractivity contribution is 0.569. The molecule has 2 aromatic carbocycles. The van der Waals surface area contributed by atoms with Gasteiger partial charge in [-0.2, -0.15) is 0 Å². The van der Waals surface area contributed by atoms with Crippen molar-refractivity contribution < 1.29 is 16.8 Å². The van der Waals surface area contributed by atoms with Gasteiger partial charge in [-0.25, -0.2) is 26.5 Å². The maximum absolute atomic E-state index is 12.9. The van der Waals surface area contributed by atoms with Crippen molar-refractivity contribution in [3.8, 4) is 0 Å². The number of benzene rings is 2. The molecule has 7 nitrogen and oxygen atoms in total. The number of sulfone groups is 1. The Morgan fingerprint density at radius 3 is 2.38 bits per heavy atom. The molecule has 1 aromatic heterocycles. The second kappa shape index (κ2) is 8.66. The van der Waals surface area contributed by atoms with Crippen molar-refractivity contribution in [2.24, 2.45) is 0 Å². The third kappa shape index (κ3) is 5.05. The largest absolute Gasteiger partial charge is 0.337 e. The predicted octanol–water partition coefficient (Wildman–Crippen LogP) is 3.05. The van der Waals surface area contributed by atoms with Gasteiger partial charge in [-0.3, -0.25) is 0 Å². The van der Waals surface area contributed by atoms with Crippen LogP contribution in [0.3, 0.4) is 0 Å². The molecule has 0 spiro atoms. The number of halogens is 1. The molecule has 0 unspecified atom stereocenters. The van der Waals surface area contributed by atoms with Gasteiger partial charge in [0.25, 0.3) is 0 Å². The van der Waals surface area contributed by atoms with Crippen LogP contribution >= 0.6 is 11.6 Å². The zero-order valence-corrected chi connectivity index (χ0v) is 18.0. The molecule has 1 N–H and O–H groups in total. The summed E-state index contributed by atoms with van der Waals surface area (Å²) < 4.78 is 55.6. The van der Waals surface area contributed by atoms with E-state index in [1.165, 1.54) is 42.5 Å². The Morgan fingerprint density at radius 2 is 1.72 bits per heavy atom. The van der Waals surface area contributed by atoms with Crippen LogP contribution in [0.4, 0.5) is 0 Å². The molecule has 0 fully saturated rings. The highest BCUT2D eigenvalue weighted by Gasteiger charge is 2.23. The Hall–Kier alpha value is -2.20. The highest BCUT2D eigenvalue weighted by molar-refractivity contribution is 7.91. The highest BCUT2D eigenvalue weighted by atomic mass is 35.5. The average molecular weight is 454 g/mol. The summed E-state index contributed by atoms with van der Waals surface area (Å²) in [7, 11) is -7.74. The van der Waals surface area contributed by atoms with E-state index in [4.69, 9.17) is 11.6 Å². The van der Waals surface area contributed by atoms with Crippen LogP contribution in [0, 0.1) is 6.92 Å². The first-order valence-corrected chi connectivity index (χ1v) is 12.1. The third-order valence-corrected chi connectivity index (χ3v) is 7.95. The Labute approximate surface area is 175 Å². The minimum atomic E-state index is -3.87. The van der Waals surface area contributed by atoms with Crippen LogP contribution in [0.1, 0.15) is 12.0 Å². The number of nitrogens with zero attached hydrogens (tertiary/aromatic N) is 2. The molecule has 0 aliphatic rings. The maximum Gasteiger partial charge on any atom is 0.240 e. The van der Waals surface area contributed by atoms with Crippen LogP contribution in [-0.2, 0) is 26.4 Å². The summed E-state index contributed by atoms with van der Waals surface area (Å²) in [6.07, 6.45) is 5.67. The van der Waals surface area contributed by atoms with Crippen molar-refractivity contribution in [3.05, 3.63) is 71.8 Å². The highest BCUT2D eigenvalue weighted by Crippen LogP contribution is 2.26. The fourth-order valence-corrected chi connectivity index (χ4v) is 5.58. The zero-order chi connectivity index (χ0) is 21.1. The Morgan fingerprint density at radius 1 is 1.03 bits per heavy atom. The second-order valence-electron chi connectivity index (χ2n) is 6.44. The summed E-state index contributed by atoms with van der Waals surface area (Å²) in [4.78, 5) is 3.82. The molecule has 29 heavy (non-hydrogen) atoms. The second-order valence-corrected chi connectivity index (χ2v) is 10.6. The summed E-state index contributed by atoms with van der Waals surface area (Å²) in [6.45, 7) is 2.46. The first kappa shape index (κ1) is 21.5. The maximum atomic E-state index is 12.9. The van der Waals surface area contributed by atoms with E-state index >= 15 is 0 Å². The lowest BCUT2D eigenvalue weighted by Gasteiger charge is -2.12. The first-order valence-electron chi connectivity index (χ1n) is 8.77. The minimum absolute atomic E-state index is 0.0439. The lowest BCUT2D eigenvalue weighted by Crippen LogP contribution is -2.26. The van der Waals surface area contributed by atoms with Crippen molar-refractivity contribution >= 4 is 31.5 Å². The summed E-state index contributed by atoms with van der Waals surface area (Å²) in [6, 6.07) is 9.81. The van der Waals surface area contributed by atoms with Gasteiger partial charge in [0.15, 0.2) is 0 Å². The number of hydrogen-bond donors (Lipinski definition) is 1. The third-order valence-electron chi connectivity index (χ3n) is 4.33. The van der Waals surface area contributed by atoms with Gasteiger partial charge in [0.1, 0.15) is 0 Å². The molecule has 0 atom stereocenters. The predicted molar refractivity (Wildman–Crippen MR) is 110 cm³/mol. The van der Waals surface area contributed by atoms with E-state index in [-0.39, 0.29) is 21.2 Å². The molecule has 10 heteroatoms. The molecule has 154 valence electrons. The van der Waals surface area contributed by atoms with E-state index in [2.05, 4.69) is 9.71 Å². The van der Waals surface area contributed by atoms with Crippen molar-refractivity contribution in [2.75, 3.05) is 6.54 Å². The van der Waals surface area contributed by atoms with E-state index in [1.807, 2.05) is 4.57 Å². The quantitative estimate of drug-likeness (QED) is 0.528. The summed E-state index contributed by atoms with van der Waals surface area (Å²) in [5, 5.41) is 0.413. The zero-order valence-electron chi connectivity index (χ0n) is 15.6. The molecule has 0 saturated heterocycles. The van der Waals surface area contributed by atoms with Gasteiger partial charge in [-0.1, -0.05) is 17.7 Å². The van der Waals surface area contributed by atoms with Crippen LogP contribution in [0.25, 0.3) is 0 Å². The molecule has 0 aliphatic carbocycles. The summed E-state index contributed by atoms with van der Waals surface area (Å²) >= 11 is 5.82. The Kier molecular flexibility index (Phi) is 6.42. The van der Waals surface area contributed by atoms with Gasteiger partial charge in [0.2, 0.25) is 19.9 Å². The monoisotopic (exact) mass is 453 g/mol. The summed E-state index contributed by atoms with van der Waals surface area (Å²) in [5.74, 6) is 0. The van der Waals surface area contributed by atoms with Crippen LogP contribution in [-0.4, -0.2) is 32.9 Å². The Balaban J connectivity index is 1.81. The molecule has 0 radical (unpaired) electrons. The first-order chi connectivity index (χ1) is 13.7. The fraction of sp³-hybridized carbons (Fsp3) is 0.211. The van der Waals surface area contributed by atoms with Crippen LogP contribution in [0.2, 0.25) is 5.02 Å². The topological polar surface area (TPSA) is 98.1 Å². The smallest absolute Gasteiger partial charge is 0.240 e. The molecule has 0 saturated carbocycles. The van der Waals surface area contributed by atoms with Gasteiger partial charge < -0.3 is 4.57 Å². The van der Waals surface area contributed by atoms with Gasteiger partial charge in [0, 0.05) is 30.5 Å². The number of hydrogen-bond acceptors (Lipinski definition) is 5.